The molecule has 0 saturated carbocycles. The van der Waals surface area contributed by atoms with Gasteiger partial charge in [0.2, 0.25) is 0 Å². The van der Waals surface area contributed by atoms with E-state index in [1.807, 2.05) is 39.8 Å². The number of hydrogen-bond donors (Lipinski definition) is 1. The van der Waals surface area contributed by atoms with Crippen molar-refractivity contribution >= 4 is 22.8 Å². The van der Waals surface area contributed by atoms with Crippen molar-refractivity contribution in [2.45, 2.75) is 32.3 Å². The molecule has 5 nitrogen and oxygen atoms in total. The van der Waals surface area contributed by atoms with Gasteiger partial charge in [-0.3, -0.25) is 4.79 Å². The average molecular weight is 355 g/mol. The van der Waals surface area contributed by atoms with Crippen LogP contribution in [0.1, 0.15) is 35.1 Å². The van der Waals surface area contributed by atoms with E-state index in [1.165, 1.54) is 0 Å². The van der Waals surface area contributed by atoms with E-state index in [-0.39, 0.29) is 12.0 Å². The summed E-state index contributed by atoms with van der Waals surface area (Å²) in [6.45, 7) is 3.31. The number of likely N-dealkylation sites (tertiary alicyclic amines) is 1. The highest BCUT2D eigenvalue weighted by Crippen LogP contribution is 2.29. The predicted molar refractivity (Wildman–Crippen MR) is 99.0 cm³/mol. The minimum Gasteiger partial charge on any atom is -0.393 e. The second-order valence-electron chi connectivity index (χ2n) is 6.40. The number of aliphatic hydroxyl groups excluding tert-OH is 1. The number of rotatable bonds is 3. The molecule has 0 spiro atoms. The number of aromatic nitrogens is 2. The van der Waals surface area contributed by atoms with Crippen LogP contribution in [0, 0.1) is 0 Å². The predicted octanol–water partition coefficient (Wildman–Crippen LogP) is 3.22. The molecule has 130 valence electrons. The van der Waals surface area contributed by atoms with Gasteiger partial charge in [0, 0.05) is 24.7 Å². The Morgan fingerprint density at radius 3 is 2.88 bits per heavy atom. The van der Waals surface area contributed by atoms with Gasteiger partial charge < -0.3 is 14.4 Å². The highest BCUT2D eigenvalue weighted by Gasteiger charge is 2.25. The van der Waals surface area contributed by atoms with Crippen molar-refractivity contribution in [3.05, 3.63) is 46.4 Å². The number of hydrogen-bond acceptors (Lipinski definition) is 4. The van der Waals surface area contributed by atoms with Crippen molar-refractivity contribution in [3.8, 4) is 11.4 Å². The summed E-state index contributed by atoms with van der Waals surface area (Å²) in [4.78, 5) is 19.6. The summed E-state index contributed by atoms with van der Waals surface area (Å²) >= 11 is 1.65. The lowest BCUT2D eigenvalue weighted by atomic mass is 10.1. The molecule has 25 heavy (non-hydrogen) atoms. The monoisotopic (exact) mass is 355 g/mol. The third-order valence-corrected chi connectivity index (χ3v) is 5.77. The van der Waals surface area contributed by atoms with E-state index in [2.05, 4.69) is 17.3 Å². The van der Waals surface area contributed by atoms with E-state index >= 15 is 0 Å². The summed E-state index contributed by atoms with van der Waals surface area (Å²) in [7, 11) is 0. The minimum absolute atomic E-state index is 0.0350. The Labute approximate surface area is 150 Å². The van der Waals surface area contributed by atoms with Gasteiger partial charge >= 0.3 is 0 Å². The summed E-state index contributed by atoms with van der Waals surface area (Å²) in [5.74, 6) is 0.0350. The van der Waals surface area contributed by atoms with Crippen LogP contribution in [0.3, 0.4) is 0 Å². The van der Waals surface area contributed by atoms with E-state index in [0.717, 1.165) is 28.3 Å². The first-order valence-electron chi connectivity index (χ1n) is 8.69. The van der Waals surface area contributed by atoms with Gasteiger partial charge in [0.15, 0.2) is 0 Å². The molecule has 1 saturated heterocycles. The number of piperidine rings is 1. The lowest BCUT2D eigenvalue weighted by Crippen LogP contribution is -2.40. The number of amides is 1. The molecule has 4 heterocycles. The molecule has 1 aliphatic rings. The molecule has 3 aromatic rings. The van der Waals surface area contributed by atoms with Crippen LogP contribution >= 0.6 is 11.3 Å². The highest BCUT2D eigenvalue weighted by atomic mass is 32.1. The largest absolute Gasteiger partial charge is 0.393 e. The van der Waals surface area contributed by atoms with E-state index in [0.29, 0.717) is 31.5 Å². The molecule has 1 fully saturated rings. The zero-order chi connectivity index (χ0) is 17.4. The Morgan fingerprint density at radius 1 is 1.36 bits per heavy atom. The van der Waals surface area contributed by atoms with Crippen molar-refractivity contribution in [1.29, 1.82) is 0 Å². The lowest BCUT2D eigenvalue weighted by Gasteiger charge is -2.29. The van der Waals surface area contributed by atoms with Crippen LogP contribution in [0.5, 0.6) is 0 Å². The van der Waals surface area contributed by atoms with Gasteiger partial charge in [-0.25, -0.2) is 4.98 Å². The first-order valence-corrected chi connectivity index (χ1v) is 9.57. The second kappa shape index (κ2) is 6.61. The molecule has 1 N–H and O–H groups in total. The number of pyridine rings is 1. The van der Waals surface area contributed by atoms with Gasteiger partial charge in [0.25, 0.3) is 5.91 Å². The Morgan fingerprint density at radius 2 is 2.16 bits per heavy atom. The first kappa shape index (κ1) is 16.3. The van der Waals surface area contributed by atoms with Crippen molar-refractivity contribution in [3.63, 3.8) is 0 Å². The molecule has 1 aliphatic heterocycles. The summed E-state index contributed by atoms with van der Waals surface area (Å²) in [6, 6.07) is 7.85. The van der Waals surface area contributed by atoms with Crippen LogP contribution in [-0.4, -0.2) is 44.5 Å². The van der Waals surface area contributed by atoms with Crippen LogP contribution in [-0.2, 0) is 6.42 Å². The Hall–Kier alpha value is -2.18. The number of carbonyl (C=O) groups excluding carboxylic acids is 1. The van der Waals surface area contributed by atoms with E-state index in [1.54, 1.807) is 11.3 Å². The fraction of sp³-hybridized carbons (Fsp3) is 0.368. The van der Waals surface area contributed by atoms with Crippen LogP contribution in [0.25, 0.3) is 16.9 Å². The third kappa shape index (κ3) is 2.96. The molecule has 6 heteroatoms. The number of aliphatic hydroxyl groups is 1. The molecule has 3 aromatic heterocycles. The van der Waals surface area contributed by atoms with Gasteiger partial charge in [-0.05, 0) is 37.5 Å². The van der Waals surface area contributed by atoms with E-state index in [9.17, 15) is 9.90 Å². The molecular formula is C19H21N3O2S. The maximum absolute atomic E-state index is 13.0. The molecule has 0 aliphatic carbocycles. The molecular weight excluding hydrogens is 334 g/mol. The lowest BCUT2D eigenvalue weighted by molar-refractivity contribution is 0.0548. The van der Waals surface area contributed by atoms with Gasteiger partial charge in [0.1, 0.15) is 0 Å². The van der Waals surface area contributed by atoms with Crippen molar-refractivity contribution in [1.82, 2.24) is 14.3 Å². The van der Waals surface area contributed by atoms with Gasteiger partial charge in [-0.1, -0.05) is 13.0 Å². The van der Waals surface area contributed by atoms with Crippen molar-refractivity contribution in [2.24, 2.45) is 0 Å². The maximum atomic E-state index is 13.0. The zero-order valence-corrected chi connectivity index (χ0v) is 15.0. The van der Waals surface area contributed by atoms with Crippen molar-refractivity contribution < 1.29 is 9.90 Å². The second-order valence-corrected chi connectivity index (χ2v) is 7.35. The minimum atomic E-state index is -0.284. The Bertz CT molecular complexity index is 906. The fourth-order valence-corrected chi connectivity index (χ4v) is 4.09. The standard InChI is InChI=1S/C19H21N3O2S/c1-2-18-20-15(12-25-18)17-11-14(16-5-3-4-8-22(16)17)19(24)21-9-6-13(23)7-10-21/h3-5,8,11-13,23H,2,6-7,9-10H2,1H3. The number of fused-ring (bicyclic) bond motifs is 1. The number of carbonyl (C=O) groups is 1. The maximum Gasteiger partial charge on any atom is 0.256 e. The Balaban J connectivity index is 1.75. The topological polar surface area (TPSA) is 57.8 Å². The van der Waals surface area contributed by atoms with E-state index in [4.69, 9.17) is 0 Å². The smallest absolute Gasteiger partial charge is 0.256 e. The zero-order valence-electron chi connectivity index (χ0n) is 14.2. The van der Waals surface area contributed by atoms with Crippen LogP contribution in [0.4, 0.5) is 0 Å². The average Bonchev–Trinajstić information content (AvgIpc) is 3.26. The van der Waals surface area contributed by atoms with Crippen LogP contribution in [0.2, 0.25) is 0 Å². The normalized spacial score (nSPS) is 15.8. The summed E-state index contributed by atoms with van der Waals surface area (Å²) in [5.41, 5.74) is 3.47. The third-order valence-electron chi connectivity index (χ3n) is 4.78. The summed E-state index contributed by atoms with van der Waals surface area (Å²) in [6.07, 6.45) is 3.90. The van der Waals surface area contributed by atoms with Crippen LogP contribution in [0.15, 0.2) is 35.8 Å². The molecule has 0 radical (unpaired) electrons. The fourth-order valence-electron chi connectivity index (χ4n) is 3.35. The number of thiazole rings is 1. The van der Waals surface area contributed by atoms with E-state index < -0.39 is 0 Å². The van der Waals surface area contributed by atoms with Gasteiger partial charge in [0.05, 0.1) is 33.6 Å². The number of aryl methyl sites for hydroxylation is 1. The van der Waals surface area contributed by atoms with Gasteiger partial charge in [-0.2, -0.15) is 0 Å². The first-order chi connectivity index (χ1) is 12.2. The molecule has 0 bridgehead atoms. The highest BCUT2D eigenvalue weighted by molar-refractivity contribution is 7.09. The SMILES string of the molecule is CCc1nc(-c2cc(C(=O)N3CCC(O)CC3)c3ccccn23)cs1. The van der Waals surface area contributed by atoms with Crippen molar-refractivity contribution in [2.75, 3.05) is 13.1 Å². The Kier molecular flexibility index (Phi) is 4.31. The molecule has 0 atom stereocenters. The molecule has 0 aromatic carbocycles. The van der Waals surface area contributed by atoms with Gasteiger partial charge in [-0.15, -0.1) is 11.3 Å². The molecule has 1 amide bonds. The number of nitrogens with zero attached hydrogens (tertiary/aromatic N) is 3. The summed E-state index contributed by atoms with van der Waals surface area (Å²) < 4.78 is 2.04. The molecule has 0 unspecified atom stereocenters. The molecule has 4 rings (SSSR count). The summed E-state index contributed by atoms with van der Waals surface area (Å²) in [5, 5.41) is 12.8. The van der Waals surface area contributed by atoms with Crippen LogP contribution < -0.4 is 0 Å². The quantitative estimate of drug-likeness (QED) is 0.785.